The normalized spacial score (nSPS) is 25.7. The van der Waals surface area contributed by atoms with Crippen LogP contribution in [0.5, 0.6) is 5.75 Å². The van der Waals surface area contributed by atoms with E-state index in [1.807, 2.05) is 0 Å². The van der Waals surface area contributed by atoms with Crippen LogP contribution in [0.4, 0.5) is 13.2 Å². The summed E-state index contributed by atoms with van der Waals surface area (Å²) in [6.45, 7) is -0.628. The highest BCUT2D eigenvalue weighted by Crippen LogP contribution is 2.60. The van der Waals surface area contributed by atoms with Crippen molar-refractivity contribution in [3.05, 3.63) is 62.8 Å². The number of carbonyl (C=O) groups excluding carboxylic acids is 2. The molecule has 31 heavy (non-hydrogen) atoms. The van der Waals surface area contributed by atoms with Crippen LogP contribution in [-0.2, 0) is 6.54 Å². The number of aromatic nitrogens is 1. The van der Waals surface area contributed by atoms with Crippen LogP contribution in [0.3, 0.4) is 0 Å². The molecule has 10 heteroatoms. The fourth-order valence-corrected chi connectivity index (χ4v) is 5.02. The second kappa shape index (κ2) is 6.60. The van der Waals surface area contributed by atoms with Crippen molar-refractivity contribution in [3.63, 3.8) is 0 Å². The summed E-state index contributed by atoms with van der Waals surface area (Å²) in [5.74, 6) is -4.99. The highest BCUT2D eigenvalue weighted by Gasteiger charge is 2.58. The Kier molecular flexibility index (Phi) is 4.18. The second-order valence-corrected chi connectivity index (χ2v) is 8.38. The van der Waals surface area contributed by atoms with Gasteiger partial charge in [-0.15, -0.1) is 0 Å². The van der Waals surface area contributed by atoms with E-state index in [0.29, 0.717) is 24.0 Å². The smallest absolute Gasteiger partial charge is 0.274 e. The lowest BCUT2D eigenvalue weighted by Gasteiger charge is -2.39. The Morgan fingerprint density at radius 2 is 1.87 bits per heavy atom. The molecule has 2 fully saturated rings. The molecule has 2 aliphatic carbocycles. The summed E-state index contributed by atoms with van der Waals surface area (Å²) in [7, 11) is 1.63. The van der Waals surface area contributed by atoms with Gasteiger partial charge in [0.25, 0.3) is 11.8 Å². The molecule has 1 aromatic carbocycles. The lowest BCUT2D eigenvalue weighted by atomic mass is 9.99. The van der Waals surface area contributed by atoms with Crippen LogP contribution in [-0.4, -0.2) is 39.5 Å². The van der Waals surface area contributed by atoms with Gasteiger partial charge in [0.1, 0.15) is 23.0 Å². The highest BCUT2D eigenvalue weighted by molar-refractivity contribution is 5.99. The van der Waals surface area contributed by atoms with Gasteiger partial charge in [-0.25, -0.2) is 13.2 Å². The Bertz CT molecular complexity index is 1190. The monoisotopic (exact) mass is 433 g/mol. The first kappa shape index (κ1) is 19.7. The molecule has 4 atom stereocenters. The molecule has 3 aliphatic rings. The van der Waals surface area contributed by atoms with Gasteiger partial charge in [0.15, 0.2) is 11.4 Å². The summed E-state index contributed by atoms with van der Waals surface area (Å²) in [6, 6.07) is 0.716. The van der Waals surface area contributed by atoms with Gasteiger partial charge < -0.3 is 19.9 Å². The van der Waals surface area contributed by atoms with Crippen molar-refractivity contribution in [2.45, 2.75) is 31.5 Å². The zero-order chi connectivity index (χ0) is 22.2. The van der Waals surface area contributed by atoms with Gasteiger partial charge in [0.05, 0.1) is 12.1 Å². The van der Waals surface area contributed by atoms with Crippen molar-refractivity contribution >= 4 is 11.8 Å². The standard InChI is InChI=1S/C21H18F3N3O4/c1-26-15-3-8-2-10(8)16(15)27-7-12(18(28)19(29)17(27)21(26)31)20(30)25-6-11-13(23)4-9(22)5-14(11)24/h4-5,7-8,10,15-16,29H,2-3,6H2,1H3,(H,25,30)/t8?,10-,15-,16+/m1/s1. The van der Waals surface area contributed by atoms with E-state index < -0.39 is 58.1 Å². The number of aromatic hydroxyl groups is 1. The summed E-state index contributed by atoms with van der Waals surface area (Å²) < 4.78 is 42.2. The van der Waals surface area contributed by atoms with E-state index >= 15 is 0 Å². The molecule has 2 N–H and O–H groups in total. The maximum absolute atomic E-state index is 13.8. The minimum atomic E-state index is -1.18. The predicted molar refractivity (Wildman–Crippen MR) is 101 cm³/mol. The van der Waals surface area contributed by atoms with Crippen LogP contribution in [0, 0.1) is 29.3 Å². The van der Waals surface area contributed by atoms with Gasteiger partial charge in [-0.05, 0) is 24.7 Å². The molecule has 1 unspecified atom stereocenters. The highest BCUT2D eigenvalue weighted by atomic mass is 19.1. The minimum Gasteiger partial charge on any atom is -0.503 e. The molecular weight excluding hydrogens is 415 g/mol. The number of likely N-dealkylation sites (N-methyl/N-ethyl adjacent to an activating group) is 1. The van der Waals surface area contributed by atoms with Crippen LogP contribution in [0.25, 0.3) is 0 Å². The number of rotatable bonds is 3. The van der Waals surface area contributed by atoms with Crippen molar-refractivity contribution in [1.82, 2.24) is 14.8 Å². The molecule has 2 amide bonds. The van der Waals surface area contributed by atoms with E-state index in [4.69, 9.17) is 0 Å². The molecule has 0 saturated heterocycles. The number of fused-ring (bicyclic) bond motifs is 5. The number of benzene rings is 1. The molecule has 0 radical (unpaired) electrons. The van der Waals surface area contributed by atoms with Crippen LogP contribution >= 0.6 is 0 Å². The first-order valence-corrected chi connectivity index (χ1v) is 9.86. The third-order valence-corrected chi connectivity index (χ3v) is 6.68. The molecule has 0 bridgehead atoms. The van der Waals surface area contributed by atoms with E-state index in [9.17, 15) is 32.7 Å². The molecule has 1 aromatic heterocycles. The van der Waals surface area contributed by atoms with Gasteiger partial charge in [-0.3, -0.25) is 14.4 Å². The van der Waals surface area contributed by atoms with Crippen LogP contribution in [0.1, 0.15) is 45.3 Å². The Hall–Kier alpha value is -3.30. The van der Waals surface area contributed by atoms with E-state index in [-0.39, 0.29) is 17.8 Å². The number of nitrogens with one attached hydrogen (secondary N) is 1. The molecule has 1 aliphatic heterocycles. The molecular formula is C21H18F3N3O4. The molecule has 7 nitrogen and oxygen atoms in total. The number of halogens is 3. The summed E-state index contributed by atoms with van der Waals surface area (Å²) >= 11 is 0. The van der Waals surface area contributed by atoms with Gasteiger partial charge in [0, 0.05) is 37.5 Å². The third kappa shape index (κ3) is 2.84. The first-order valence-electron chi connectivity index (χ1n) is 9.86. The molecule has 0 spiro atoms. The van der Waals surface area contributed by atoms with Gasteiger partial charge in [-0.1, -0.05) is 0 Å². The third-order valence-electron chi connectivity index (χ3n) is 6.68. The molecule has 5 rings (SSSR count). The van der Waals surface area contributed by atoms with Crippen LogP contribution in [0.15, 0.2) is 23.1 Å². The largest absolute Gasteiger partial charge is 0.503 e. The van der Waals surface area contributed by atoms with Gasteiger partial charge in [-0.2, -0.15) is 0 Å². The van der Waals surface area contributed by atoms with Crippen LogP contribution in [0.2, 0.25) is 0 Å². The number of carbonyl (C=O) groups is 2. The lowest BCUT2D eigenvalue weighted by molar-refractivity contribution is 0.0589. The molecule has 2 saturated carbocycles. The summed E-state index contributed by atoms with van der Waals surface area (Å²) in [5, 5.41) is 12.7. The Morgan fingerprint density at radius 1 is 1.19 bits per heavy atom. The topological polar surface area (TPSA) is 91.6 Å². The van der Waals surface area contributed by atoms with Crippen molar-refractivity contribution in [3.8, 4) is 5.75 Å². The van der Waals surface area contributed by atoms with Crippen molar-refractivity contribution < 1.29 is 27.9 Å². The van der Waals surface area contributed by atoms with Crippen molar-refractivity contribution in [2.75, 3.05) is 7.05 Å². The fourth-order valence-electron chi connectivity index (χ4n) is 5.02. The zero-order valence-electron chi connectivity index (χ0n) is 16.4. The average Bonchev–Trinajstić information content (AvgIpc) is 3.37. The van der Waals surface area contributed by atoms with E-state index in [0.717, 1.165) is 12.8 Å². The maximum Gasteiger partial charge on any atom is 0.274 e. The second-order valence-electron chi connectivity index (χ2n) is 8.38. The number of hydrogen-bond acceptors (Lipinski definition) is 4. The maximum atomic E-state index is 13.8. The number of nitrogens with zero attached hydrogens (tertiary/aromatic N) is 2. The number of pyridine rings is 1. The van der Waals surface area contributed by atoms with Crippen molar-refractivity contribution in [1.29, 1.82) is 0 Å². The van der Waals surface area contributed by atoms with E-state index in [2.05, 4.69) is 5.32 Å². The number of hydrogen-bond donors (Lipinski definition) is 2. The average molecular weight is 433 g/mol. The minimum absolute atomic E-state index is 0.0935. The van der Waals surface area contributed by atoms with E-state index in [1.165, 1.54) is 15.7 Å². The lowest BCUT2D eigenvalue weighted by Crippen LogP contribution is -2.49. The molecule has 2 heterocycles. The first-order chi connectivity index (χ1) is 14.7. The fraction of sp³-hybridized carbons (Fsp3) is 0.381. The summed E-state index contributed by atoms with van der Waals surface area (Å²) in [4.78, 5) is 39.5. The quantitative estimate of drug-likeness (QED) is 0.774. The molecule has 162 valence electrons. The Labute approximate surface area is 174 Å². The number of amides is 2. The van der Waals surface area contributed by atoms with Crippen LogP contribution < -0.4 is 10.7 Å². The zero-order valence-corrected chi connectivity index (χ0v) is 16.4. The predicted octanol–water partition coefficient (Wildman–Crippen LogP) is 1.94. The Balaban J connectivity index is 1.50. The SMILES string of the molecule is CN1C(=O)c2c(O)c(=O)c(C(=O)NCc3c(F)cc(F)cc3F)cn2[C@H]2[C@@H]3CC3C[C@H]21. The summed E-state index contributed by atoms with van der Waals surface area (Å²) in [6.07, 6.45) is 3.03. The summed E-state index contributed by atoms with van der Waals surface area (Å²) in [5.41, 5.74) is -2.21. The van der Waals surface area contributed by atoms with Gasteiger partial charge >= 0.3 is 0 Å². The molecule has 2 aromatic rings. The van der Waals surface area contributed by atoms with Gasteiger partial charge in [0.2, 0.25) is 5.43 Å². The Morgan fingerprint density at radius 3 is 2.55 bits per heavy atom. The van der Waals surface area contributed by atoms with E-state index in [1.54, 1.807) is 7.05 Å². The van der Waals surface area contributed by atoms with Crippen molar-refractivity contribution in [2.24, 2.45) is 11.8 Å².